The molecule has 1 heterocycles. The third-order valence-corrected chi connectivity index (χ3v) is 4.84. The molecular formula is C21H19F3N2O4. The predicted octanol–water partition coefficient (Wildman–Crippen LogP) is 3.09. The molecule has 6 nitrogen and oxygen atoms in total. The Bertz CT molecular complexity index is 949. The minimum absolute atomic E-state index is 0.161. The molecule has 1 saturated heterocycles. The number of methoxy groups -OCH3 is 1. The van der Waals surface area contributed by atoms with Gasteiger partial charge in [0, 0.05) is 37.3 Å². The summed E-state index contributed by atoms with van der Waals surface area (Å²) in [6, 6.07) is 10.2. The van der Waals surface area contributed by atoms with E-state index >= 15 is 0 Å². The number of hydrogen-bond acceptors (Lipinski definition) is 4. The molecule has 1 fully saturated rings. The molecule has 0 saturated carbocycles. The van der Waals surface area contributed by atoms with E-state index in [2.05, 4.69) is 4.74 Å². The second-order valence-corrected chi connectivity index (χ2v) is 6.73. The molecule has 1 aliphatic heterocycles. The summed E-state index contributed by atoms with van der Waals surface area (Å²) in [6.45, 7) is 1.05. The Morgan fingerprint density at radius 1 is 0.800 bits per heavy atom. The van der Waals surface area contributed by atoms with Crippen LogP contribution in [-0.4, -0.2) is 60.9 Å². The van der Waals surface area contributed by atoms with Gasteiger partial charge in [-0.15, -0.1) is 0 Å². The fraction of sp³-hybridized carbons (Fsp3) is 0.286. The molecule has 0 aromatic heterocycles. The van der Waals surface area contributed by atoms with Gasteiger partial charge in [-0.1, -0.05) is 6.07 Å². The van der Waals surface area contributed by atoms with E-state index in [4.69, 9.17) is 0 Å². The number of carbonyl (C=O) groups excluding carboxylic acids is 3. The number of halogens is 3. The molecule has 2 aromatic rings. The number of carbonyl (C=O) groups is 3. The fourth-order valence-electron chi connectivity index (χ4n) is 3.18. The molecular weight excluding hydrogens is 401 g/mol. The van der Waals surface area contributed by atoms with Gasteiger partial charge in [-0.3, -0.25) is 9.59 Å². The third-order valence-electron chi connectivity index (χ3n) is 4.84. The molecule has 0 aliphatic carbocycles. The van der Waals surface area contributed by atoms with E-state index in [1.807, 2.05) is 0 Å². The van der Waals surface area contributed by atoms with E-state index in [1.165, 1.54) is 18.1 Å². The highest BCUT2D eigenvalue weighted by molar-refractivity contribution is 5.98. The van der Waals surface area contributed by atoms with Crippen LogP contribution in [0.1, 0.15) is 36.6 Å². The standard InChI is InChI=1S/C21H19F3N2O4/c1-30-20(29)16-4-2-3-15(13-16)19(28)26-11-9-25(10-12-26)18(27)14-5-7-17(8-6-14)21(22,23)24/h2-8,13H,9-12H2,1H3. The third kappa shape index (κ3) is 4.61. The van der Waals surface area contributed by atoms with Crippen molar-refractivity contribution in [1.29, 1.82) is 0 Å². The zero-order valence-electron chi connectivity index (χ0n) is 16.1. The topological polar surface area (TPSA) is 66.9 Å². The Labute approximate surface area is 170 Å². The van der Waals surface area contributed by atoms with Crippen LogP contribution in [0.2, 0.25) is 0 Å². The van der Waals surface area contributed by atoms with Crippen molar-refractivity contribution in [2.75, 3.05) is 33.3 Å². The van der Waals surface area contributed by atoms with Crippen LogP contribution in [0.25, 0.3) is 0 Å². The number of rotatable bonds is 3. The van der Waals surface area contributed by atoms with Crippen LogP contribution in [-0.2, 0) is 10.9 Å². The monoisotopic (exact) mass is 420 g/mol. The van der Waals surface area contributed by atoms with Crippen molar-refractivity contribution in [2.45, 2.75) is 6.18 Å². The molecule has 1 aliphatic rings. The molecule has 0 atom stereocenters. The van der Waals surface area contributed by atoms with Gasteiger partial charge in [0.2, 0.25) is 0 Å². The van der Waals surface area contributed by atoms with Crippen molar-refractivity contribution < 1.29 is 32.3 Å². The molecule has 158 valence electrons. The summed E-state index contributed by atoms with van der Waals surface area (Å²) in [6.07, 6.45) is -4.46. The normalized spacial score (nSPS) is 14.4. The van der Waals surface area contributed by atoms with Gasteiger partial charge in [-0.25, -0.2) is 4.79 Å². The highest BCUT2D eigenvalue weighted by Gasteiger charge is 2.31. The van der Waals surface area contributed by atoms with Gasteiger partial charge >= 0.3 is 12.1 Å². The highest BCUT2D eigenvalue weighted by Crippen LogP contribution is 2.29. The number of nitrogens with zero attached hydrogens (tertiary/aromatic N) is 2. The maximum atomic E-state index is 12.7. The number of hydrogen-bond donors (Lipinski definition) is 0. The minimum atomic E-state index is -4.46. The summed E-state index contributed by atoms with van der Waals surface area (Å²) < 4.78 is 42.6. The van der Waals surface area contributed by atoms with Crippen molar-refractivity contribution in [3.63, 3.8) is 0 Å². The van der Waals surface area contributed by atoms with Crippen LogP contribution in [0.4, 0.5) is 13.2 Å². The maximum Gasteiger partial charge on any atom is 0.416 e. The number of alkyl halides is 3. The van der Waals surface area contributed by atoms with Crippen molar-refractivity contribution in [3.05, 3.63) is 70.8 Å². The van der Waals surface area contributed by atoms with Gasteiger partial charge < -0.3 is 14.5 Å². The Morgan fingerprint density at radius 3 is 1.80 bits per heavy atom. The van der Waals surface area contributed by atoms with Crippen LogP contribution in [0.15, 0.2) is 48.5 Å². The lowest BCUT2D eigenvalue weighted by molar-refractivity contribution is -0.137. The first-order valence-electron chi connectivity index (χ1n) is 9.15. The van der Waals surface area contributed by atoms with E-state index < -0.39 is 17.7 Å². The minimum Gasteiger partial charge on any atom is -0.465 e. The average molecular weight is 420 g/mol. The Balaban J connectivity index is 1.62. The Kier molecular flexibility index (Phi) is 6.09. The van der Waals surface area contributed by atoms with E-state index in [-0.39, 0.29) is 49.1 Å². The Morgan fingerprint density at radius 2 is 1.30 bits per heavy atom. The molecule has 0 radical (unpaired) electrons. The largest absolute Gasteiger partial charge is 0.465 e. The lowest BCUT2D eigenvalue weighted by atomic mass is 10.1. The summed E-state index contributed by atoms with van der Waals surface area (Å²) in [7, 11) is 1.25. The smallest absolute Gasteiger partial charge is 0.416 e. The summed E-state index contributed by atoms with van der Waals surface area (Å²) in [5.74, 6) is -1.21. The second-order valence-electron chi connectivity index (χ2n) is 6.73. The zero-order valence-corrected chi connectivity index (χ0v) is 16.1. The summed E-state index contributed by atoms with van der Waals surface area (Å²) in [5.41, 5.74) is -0.0582. The van der Waals surface area contributed by atoms with Crippen LogP contribution in [0.3, 0.4) is 0 Å². The zero-order chi connectivity index (χ0) is 21.9. The number of piperazine rings is 1. The molecule has 0 unspecified atom stereocenters. The van der Waals surface area contributed by atoms with Crippen molar-refractivity contribution in [1.82, 2.24) is 9.80 Å². The van der Waals surface area contributed by atoms with Crippen LogP contribution < -0.4 is 0 Å². The SMILES string of the molecule is COC(=O)c1cccc(C(=O)N2CCN(C(=O)c3ccc(C(F)(F)F)cc3)CC2)c1. The molecule has 0 bridgehead atoms. The van der Waals surface area contributed by atoms with E-state index in [9.17, 15) is 27.6 Å². The van der Waals surface area contributed by atoms with Crippen molar-refractivity contribution in [3.8, 4) is 0 Å². The lowest BCUT2D eigenvalue weighted by Crippen LogP contribution is -2.50. The summed E-state index contributed by atoms with van der Waals surface area (Å²) in [5, 5.41) is 0. The number of amides is 2. The van der Waals surface area contributed by atoms with Crippen LogP contribution >= 0.6 is 0 Å². The first-order chi connectivity index (χ1) is 14.2. The molecule has 3 rings (SSSR count). The maximum absolute atomic E-state index is 12.7. The van der Waals surface area contributed by atoms with Gasteiger partial charge in [0.1, 0.15) is 0 Å². The van der Waals surface area contributed by atoms with Gasteiger partial charge in [-0.05, 0) is 42.5 Å². The number of ether oxygens (including phenoxy) is 1. The average Bonchev–Trinajstić information content (AvgIpc) is 2.77. The highest BCUT2D eigenvalue weighted by atomic mass is 19.4. The van der Waals surface area contributed by atoms with Gasteiger partial charge in [-0.2, -0.15) is 13.2 Å². The van der Waals surface area contributed by atoms with E-state index in [0.717, 1.165) is 24.3 Å². The lowest BCUT2D eigenvalue weighted by Gasteiger charge is -2.35. The molecule has 0 N–H and O–H groups in total. The molecule has 2 aromatic carbocycles. The predicted molar refractivity (Wildman–Crippen MR) is 101 cm³/mol. The first kappa shape index (κ1) is 21.4. The summed E-state index contributed by atoms with van der Waals surface area (Å²) >= 11 is 0. The van der Waals surface area contributed by atoms with Gasteiger partial charge in [0.25, 0.3) is 11.8 Å². The van der Waals surface area contributed by atoms with Crippen molar-refractivity contribution >= 4 is 17.8 Å². The molecule has 2 amide bonds. The molecule has 0 spiro atoms. The quantitative estimate of drug-likeness (QED) is 0.716. The first-order valence-corrected chi connectivity index (χ1v) is 9.15. The fourth-order valence-corrected chi connectivity index (χ4v) is 3.18. The number of esters is 1. The van der Waals surface area contributed by atoms with Gasteiger partial charge in [0.05, 0.1) is 18.2 Å². The Hall–Kier alpha value is -3.36. The molecule has 30 heavy (non-hydrogen) atoms. The van der Waals surface area contributed by atoms with Crippen molar-refractivity contribution in [2.24, 2.45) is 0 Å². The number of benzene rings is 2. The van der Waals surface area contributed by atoms with Crippen LogP contribution in [0, 0.1) is 0 Å². The molecule has 9 heteroatoms. The summed E-state index contributed by atoms with van der Waals surface area (Å²) in [4.78, 5) is 40.0. The van der Waals surface area contributed by atoms with Gasteiger partial charge in [0.15, 0.2) is 0 Å². The van der Waals surface area contributed by atoms with E-state index in [1.54, 1.807) is 23.1 Å². The second kappa shape index (κ2) is 8.56. The van der Waals surface area contributed by atoms with Crippen LogP contribution in [0.5, 0.6) is 0 Å². The van der Waals surface area contributed by atoms with E-state index in [0.29, 0.717) is 5.56 Å².